The van der Waals surface area contributed by atoms with Gasteiger partial charge in [-0.3, -0.25) is 9.59 Å². The van der Waals surface area contributed by atoms with Gasteiger partial charge in [0.15, 0.2) is 0 Å². The van der Waals surface area contributed by atoms with Crippen LogP contribution in [0.1, 0.15) is 59.7 Å². The topological polar surface area (TPSA) is 74.6 Å². The molecule has 1 unspecified atom stereocenters. The minimum absolute atomic E-state index is 0. The third kappa shape index (κ3) is 14.5. The Balaban J connectivity index is -0.00000144. The summed E-state index contributed by atoms with van der Waals surface area (Å²) in [6.45, 7) is 2.18. The van der Waals surface area contributed by atoms with E-state index in [1.54, 1.807) is 6.08 Å². The first-order valence-corrected chi connectivity index (χ1v) is 6.69. The maximum absolute atomic E-state index is 10.8. The Kier molecular flexibility index (Phi) is 16.7. The van der Waals surface area contributed by atoms with E-state index in [0.29, 0.717) is 0 Å². The van der Waals surface area contributed by atoms with Crippen LogP contribution in [0.2, 0.25) is 0 Å². The monoisotopic (exact) mass is 296 g/mol. The molecule has 0 radical (unpaired) electrons. The molecule has 0 aromatic rings. The maximum atomic E-state index is 10.8. The summed E-state index contributed by atoms with van der Waals surface area (Å²) < 4.78 is 0. The summed E-state index contributed by atoms with van der Waals surface area (Å²) in [6, 6.07) is 0. The summed E-state index contributed by atoms with van der Waals surface area (Å²) in [7, 11) is 0. The number of carboxylic acids is 2. The standard InChI is InChI=1S/C14H24O4.K.H/c1-2-3-4-5-6-7-8-9-10-12(14(17)18)11-13(15)16;;/h9-10,12H,2-8,11H2,1H3,(H,15,16)(H,17,18);;/q;+1;-1. The Morgan fingerprint density at radius 1 is 1.11 bits per heavy atom. The molecule has 1 atom stereocenters. The Morgan fingerprint density at radius 2 is 1.68 bits per heavy atom. The Labute approximate surface area is 159 Å². The van der Waals surface area contributed by atoms with Gasteiger partial charge in [0.25, 0.3) is 0 Å². The number of carboxylic acid groups (broad SMARTS) is 2. The average Bonchev–Trinajstić information content (AvgIpc) is 2.30. The number of unbranched alkanes of at least 4 members (excludes halogenated alkanes) is 6. The van der Waals surface area contributed by atoms with E-state index in [0.717, 1.165) is 19.3 Å². The van der Waals surface area contributed by atoms with Crippen LogP contribution < -0.4 is 51.4 Å². The van der Waals surface area contributed by atoms with E-state index in [-0.39, 0.29) is 59.2 Å². The van der Waals surface area contributed by atoms with Crippen LogP contribution in [0.3, 0.4) is 0 Å². The molecule has 0 heterocycles. The summed E-state index contributed by atoms with van der Waals surface area (Å²) >= 11 is 0. The quantitative estimate of drug-likeness (QED) is 0.332. The first kappa shape index (κ1) is 21.6. The maximum Gasteiger partial charge on any atom is 1.00 e. The van der Waals surface area contributed by atoms with Gasteiger partial charge in [-0.05, 0) is 12.8 Å². The Bertz CT molecular complexity index is 282. The zero-order chi connectivity index (χ0) is 13.8. The molecule has 0 aromatic heterocycles. The molecular weight excluding hydrogens is 271 g/mol. The fraction of sp³-hybridized carbons (Fsp3) is 0.714. The van der Waals surface area contributed by atoms with Gasteiger partial charge < -0.3 is 11.6 Å². The van der Waals surface area contributed by atoms with Crippen LogP contribution in [-0.2, 0) is 9.59 Å². The summed E-state index contributed by atoms with van der Waals surface area (Å²) in [4.78, 5) is 21.2. The summed E-state index contributed by atoms with van der Waals surface area (Å²) in [5.74, 6) is -3.05. The van der Waals surface area contributed by atoms with E-state index < -0.39 is 17.9 Å². The number of rotatable bonds is 11. The zero-order valence-corrected chi connectivity index (χ0v) is 15.2. The normalized spacial score (nSPS) is 12.1. The van der Waals surface area contributed by atoms with Crippen molar-refractivity contribution < 1.29 is 72.6 Å². The van der Waals surface area contributed by atoms with Crippen molar-refractivity contribution in [2.24, 2.45) is 5.92 Å². The van der Waals surface area contributed by atoms with E-state index in [4.69, 9.17) is 10.2 Å². The van der Waals surface area contributed by atoms with Gasteiger partial charge in [-0.2, -0.15) is 0 Å². The molecule has 19 heavy (non-hydrogen) atoms. The zero-order valence-electron chi connectivity index (χ0n) is 13.1. The minimum atomic E-state index is -1.08. The summed E-state index contributed by atoms with van der Waals surface area (Å²) in [5.41, 5.74) is 0. The number of aliphatic carboxylic acids is 2. The van der Waals surface area contributed by atoms with Crippen molar-refractivity contribution in [1.29, 1.82) is 0 Å². The molecule has 0 amide bonds. The van der Waals surface area contributed by atoms with Gasteiger partial charge >= 0.3 is 63.3 Å². The minimum Gasteiger partial charge on any atom is -1.00 e. The van der Waals surface area contributed by atoms with Crippen LogP contribution in [0.4, 0.5) is 0 Å². The number of carbonyl (C=O) groups is 2. The molecule has 0 saturated carbocycles. The van der Waals surface area contributed by atoms with E-state index >= 15 is 0 Å². The average molecular weight is 296 g/mol. The van der Waals surface area contributed by atoms with E-state index in [1.807, 2.05) is 0 Å². The molecule has 2 N–H and O–H groups in total. The Morgan fingerprint density at radius 3 is 2.21 bits per heavy atom. The van der Waals surface area contributed by atoms with E-state index in [9.17, 15) is 9.59 Å². The van der Waals surface area contributed by atoms with E-state index in [1.165, 1.54) is 31.8 Å². The molecule has 0 aliphatic carbocycles. The second-order valence-electron chi connectivity index (χ2n) is 4.53. The predicted octanol–water partition coefficient (Wildman–Crippen LogP) is 0.585. The van der Waals surface area contributed by atoms with Crippen LogP contribution in [0.5, 0.6) is 0 Å². The SMILES string of the molecule is CCCCCCCCC=CC(CC(=O)O)C(=O)O.[H-].[K+]. The number of hydrogen-bond donors (Lipinski definition) is 2. The van der Waals surface area contributed by atoms with Crippen molar-refractivity contribution in [3.05, 3.63) is 12.2 Å². The van der Waals surface area contributed by atoms with Crippen LogP contribution in [0, 0.1) is 5.92 Å². The smallest absolute Gasteiger partial charge is 1.00 e. The molecule has 4 nitrogen and oxygen atoms in total. The molecule has 0 aromatic carbocycles. The molecule has 106 valence electrons. The molecule has 0 saturated heterocycles. The van der Waals surface area contributed by atoms with Crippen LogP contribution in [0.25, 0.3) is 0 Å². The van der Waals surface area contributed by atoms with Gasteiger partial charge in [0.2, 0.25) is 0 Å². The fourth-order valence-electron chi connectivity index (χ4n) is 1.73. The first-order valence-electron chi connectivity index (χ1n) is 6.69. The van der Waals surface area contributed by atoms with Gasteiger partial charge in [-0.15, -0.1) is 0 Å². The molecule has 0 fully saturated rings. The molecule has 5 heteroatoms. The molecule has 0 spiro atoms. The van der Waals surface area contributed by atoms with Crippen molar-refractivity contribution in [3.8, 4) is 0 Å². The predicted molar refractivity (Wildman–Crippen MR) is 71.6 cm³/mol. The molecule has 0 aliphatic rings. The molecule has 0 rings (SSSR count). The second kappa shape index (κ2) is 14.7. The van der Waals surface area contributed by atoms with Crippen molar-refractivity contribution in [1.82, 2.24) is 0 Å². The third-order valence-corrected chi connectivity index (χ3v) is 2.80. The summed E-state index contributed by atoms with van der Waals surface area (Å²) in [5, 5.41) is 17.4. The van der Waals surface area contributed by atoms with Crippen molar-refractivity contribution >= 4 is 11.9 Å². The molecular formula is C14H25KO4. The third-order valence-electron chi connectivity index (χ3n) is 2.80. The largest absolute Gasteiger partial charge is 1.00 e. The first-order chi connectivity index (χ1) is 8.57. The Hall–Kier alpha value is 0.316. The van der Waals surface area contributed by atoms with Crippen molar-refractivity contribution in [3.63, 3.8) is 0 Å². The summed E-state index contributed by atoms with van der Waals surface area (Å²) in [6.07, 6.45) is 11.0. The fourth-order valence-corrected chi connectivity index (χ4v) is 1.73. The van der Waals surface area contributed by atoms with Crippen LogP contribution in [-0.4, -0.2) is 22.2 Å². The van der Waals surface area contributed by atoms with Gasteiger partial charge in [0.05, 0.1) is 12.3 Å². The number of hydrogen-bond acceptors (Lipinski definition) is 2. The van der Waals surface area contributed by atoms with Crippen molar-refractivity contribution in [2.45, 2.75) is 58.3 Å². The van der Waals surface area contributed by atoms with E-state index in [2.05, 4.69) is 6.92 Å². The van der Waals surface area contributed by atoms with Gasteiger partial charge in [0, 0.05) is 0 Å². The second-order valence-corrected chi connectivity index (χ2v) is 4.53. The van der Waals surface area contributed by atoms with Crippen LogP contribution >= 0.6 is 0 Å². The van der Waals surface area contributed by atoms with Crippen LogP contribution in [0.15, 0.2) is 12.2 Å². The molecule has 0 aliphatic heterocycles. The van der Waals surface area contributed by atoms with Gasteiger partial charge in [-0.1, -0.05) is 51.2 Å². The van der Waals surface area contributed by atoms with Crippen molar-refractivity contribution in [2.75, 3.05) is 0 Å². The van der Waals surface area contributed by atoms with Gasteiger partial charge in [0.1, 0.15) is 0 Å². The number of allylic oxidation sites excluding steroid dienone is 1. The molecule has 0 bridgehead atoms. The van der Waals surface area contributed by atoms with Gasteiger partial charge in [-0.25, -0.2) is 0 Å².